The van der Waals surface area contributed by atoms with Gasteiger partial charge < -0.3 is 0 Å². The van der Waals surface area contributed by atoms with Crippen molar-refractivity contribution in [2.75, 3.05) is 0 Å². The van der Waals surface area contributed by atoms with Gasteiger partial charge in [-0.2, -0.15) is 0 Å². The molecule has 18 heavy (non-hydrogen) atoms. The third kappa shape index (κ3) is 2.79. The Kier molecular flexibility index (Phi) is 3.82. The second-order valence-electron chi connectivity index (χ2n) is 3.79. The van der Waals surface area contributed by atoms with Crippen LogP contribution in [0, 0.1) is 12.7 Å². The lowest BCUT2D eigenvalue weighted by Gasteiger charge is -2.10. The van der Waals surface area contributed by atoms with Crippen LogP contribution >= 0.6 is 27.5 Å². The number of benzene rings is 1. The molecule has 6 heteroatoms. The molecule has 0 amide bonds. The fourth-order valence-electron chi connectivity index (χ4n) is 1.61. The van der Waals surface area contributed by atoms with Gasteiger partial charge in [0.05, 0.1) is 6.54 Å². The van der Waals surface area contributed by atoms with Crippen molar-refractivity contribution >= 4 is 27.5 Å². The summed E-state index contributed by atoms with van der Waals surface area (Å²) in [6, 6.07) is 5.80. The summed E-state index contributed by atoms with van der Waals surface area (Å²) in [5.74, 6) is 0.0892. The average molecular weight is 332 g/mol. The summed E-state index contributed by atoms with van der Waals surface area (Å²) in [6.45, 7) is 1.78. The van der Waals surface area contributed by atoms with Crippen LogP contribution in [-0.4, -0.2) is 9.55 Å². The van der Waals surface area contributed by atoms with E-state index >= 15 is 0 Å². The highest BCUT2D eigenvalue weighted by atomic mass is 79.9. The summed E-state index contributed by atoms with van der Waals surface area (Å²) in [6.07, 6.45) is 0. The summed E-state index contributed by atoms with van der Waals surface area (Å²) in [7, 11) is 0. The second-order valence-corrected chi connectivity index (χ2v) is 5.09. The molecule has 1 aromatic carbocycles. The van der Waals surface area contributed by atoms with E-state index < -0.39 is 0 Å². The lowest BCUT2D eigenvalue weighted by atomic mass is 10.2. The van der Waals surface area contributed by atoms with E-state index in [9.17, 15) is 9.18 Å². The van der Waals surface area contributed by atoms with Crippen molar-refractivity contribution in [2.45, 2.75) is 13.5 Å². The minimum Gasteiger partial charge on any atom is -0.292 e. The smallest absolute Gasteiger partial charge is 0.255 e. The monoisotopic (exact) mass is 330 g/mol. The van der Waals surface area contributed by atoms with Crippen molar-refractivity contribution in [3.63, 3.8) is 0 Å². The van der Waals surface area contributed by atoms with E-state index in [1.54, 1.807) is 19.1 Å². The Morgan fingerprint density at radius 1 is 1.44 bits per heavy atom. The van der Waals surface area contributed by atoms with E-state index in [0.29, 0.717) is 11.4 Å². The molecule has 0 spiro atoms. The lowest BCUT2D eigenvalue weighted by Crippen LogP contribution is -2.23. The van der Waals surface area contributed by atoms with Gasteiger partial charge in [-0.05, 0) is 25.1 Å². The standard InChI is InChI=1S/C12H9BrClFN2O/c1-7-16-11(14)5-12(18)17(7)6-8-4-9(13)2-3-10(8)15/h2-5H,6H2,1H3. The van der Waals surface area contributed by atoms with E-state index in [-0.39, 0.29) is 23.1 Å². The van der Waals surface area contributed by atoms with Crippen LogP contribution in [0.5, 0.6) is 0 Å². The molecule has 0 saturated heterocycles. The third-order valence-electron chi connectivity index (χ3n) is 2.50. The molecule has 0 aliphatic heterocycles. The van der Waals surface area contributed by atoms with Crippen molar-refractivity contribution < 1.29 is 4.39 Å². The lowest BCUT2D eigenvalue weighted by molar-refractivity contribution is 0.589. The van der Waals surface area contributed by atoms with Gasteiger partial charge in [-0.25, -0.2) is 9.37 Å². The van der Waals surface area contributed by atoms with Gasteiger partial charge in [0.25, 0.3) is 5.56 Å². The Bertz CT molecular complexity index is 657. The van der Waals surface area contributed by atoms with Gasteiger partial charge in [-0.1, -0.05) is 27.5 Å². The van der Waals surface area contributed by atoms with Crippen LogP contribution in [0.15, 0.2) is 33.5 Å². The highest BCUT2D eigenvalue weighted by molar-refractivity contribution is 9.10. The summed E-state index contributed by atoms with van der Waals surface area (Å²) in [5.41, 5.74) is 0.116. The number of hydrogen-bond donors (Lipinski definition) is 0. The Morgan fingerprint density at radius 3 is 2.83 bits per heavy atom. The van der Waals surface area contributed by atoms with Crippen LogP contribution in [0.3, 0.4) is 0 Å². The summed E-state index contributed by atoms with van der Waals surface area (Å²) >= 11 is 8.94. The molecule has 94 valence electrons. The van der Waals surface area contributed by atoms with Gasteiger partial charge in [0.2, 0.25) is 0 Å². The number of rotatable bonds is 2. The summed E-state index contributed by atoms with van der Waals surface area (Å²) in [5, 5.41) is 0.142. The van der Waals surface area contributed by atoms with Crippen molar-refractivity contribution in [1.29, 1.82) is 0 Å². The molecular weight excluding hydrogens is 322 g/mol. The molecule has 2 aromatic rings. The van der Waals surface area contributed by atoms with Crippen molar-refractivity contribution in [3.05, 3.63) is 61.5 Å². The van der Waals surface area contributed by atoms with Crippen molar-refractivity contribution in [2.24, 2.45) is 0 Å². The zero-order chi connectivity index (χ0) is 13.3. The molecule has 0 saturated carbocycles. The zero-order valence-corrected chi connectivity index (χ0v) is 11.8. The van der Waals surface area contributed by atoms with Crippen molar-refractivity contribution in [1.82, 2.24) is 9.55 Å². The highest BCUT2D eigenvalue weighted by Gasteiger charge is 2.08. The largest absolute Gasteiger partial charge is 0.292 e. The quantitative estimate of drug-likeness (QED) is 0.792. The van der Waals surface area contributed by atoms with Crippen LogP contribution in [0.4, 0.5) is 4.39 Å². The number of aromatic nitrogens is 2. The highest BCUT2D eigenvalue weighted by Crippen LogP contribution is 2.16. The van der Waals surface area contributed by atoms with E-state index in [1.165, 1.54) is 16.7 Å². The minimum absolute atomic E-state index is 0.125. The summed E-state index contributed by atoms with van der Waals surface area (Å²) < 4.78 is 15.7. The van der Waals surface area contributed by atoms with Crippen LogP contribution in [0.25, 0.3) is 0 Å². The molecular formula is C12H9BrClFN2O. The molecule has 0 aliphatic carbocycles. The average Bonchev–Trinajstić information content (AvgIpc) is 2.28. The number of hydrogen-bond acceptors (Lipinski definition) is 2. The van der Waals surface area contributed by atoms with Crippen molar-refractivity contribution in [3.8, 4) is 0 Å². The fourth-order valence-corrected chi connectivity index (χ4v) is 2.24. The molecule has 0 radical (unpaired) electrons. The topological polar surface area (TPSA) is 34.9 Å². The first-order valence-electron chi connectivity index (χ1n) is 5.15. The molecule has 0 unspecified atom stereocenters. The Morgan fingerprint density at radius 2 is 2.17 bits per heavy atom. The molecule has 0 aliphatic rings. The number of aryl methyl sites for hydroxylation is 1. The Hall–Kier alpha value is -1.20. The molecule has 0 bridgehead atoms. The fraction of sp³-hybridized carbons (Fsp3) is 0.167. The first-order chi connectivity index (χ1) is 8.47. The normalized spacial score (nSPS) is 10.7. The predicted octanol–water partition coefficient (Wildman–Crippen LogP) is 3.16. The Balaban J connectivity index is 2.46. The first kappa shape index (κ1) is 13.2. The van der Waals surface area contributed by atoms with Crippen LogP contribution in [0.1, 0.15) is 11.4 Å². The van der Waals surface area contributed by atoms with Crippen LogP contribution in [-0.2, 0) is 6.54 Å². The predicted molar refractivity (Wildman–Crippen MR) is 71.4 cm³/mol. The van der Waals surface area contributed by atoms with E-state index in [2.05, 4.69) is 20.9 Å². The van der Waals surface area contributed by atoms with Crippen LogP contribution < -0.4 is 5.56 Å². The Labute approximate surface area is 116 Å². The summed E-state index contributed by atoms with van der Waals surface area (Å²) in [4.78, 5) is 15.7. The van der Waals surface area contributed by atoms with E-state index in [0.717, 1.165) is 4.47 Å². The molecule has 3 nitrogen and oxygen atoms in total. The van der Waals surface area contributed by atoms with Gasteiger partial charge in [0.15, 0.2) is 0 Å². The SMILES string of the molecule is Cc1nc(Cl)cc(=O)n1Cc1cc(Br)ccc1F. The van der Waals surface area contributed by atoms with Crippen LogP contribution in [0.2, 0.25) is 5.15 Å². The van der Waals surface area contributed by atoms with Gasteiger partial charge in [0, 0.05) is 16.1 Å². The van der Waals surface area contributed by atoms with E-state index in [4.69, 9.17) is 11.6 Å². The number of nitrogens with zero attached hydrogens (tertiary/aromatic N) is 2. The number of halogens is 3. The molecule has 0 N–H and O–H groups in total. The minimum atomic E-state index is -0.362. The first-order valence-corrected chi connectivity index (χ1v) is 6.32. The zero-order valence-electron chi connectivity index (χ0n) is 9.45. The molecule has 0 fully saturated rings. The maximum Gasteiger partial charge on any atom is 0.255 e. The van der Waals surface area contributed by atoms with Gasteiger partial charge >= 0.3 is 0 Å². The maximum absolute atomic E-state index is 13.6. The maximum atomic E-state index is 13.6. The molecule has 1 heterocycles. The molecule has 1 aromatic heterocycles. The third-order valence-corrected chi connectivity index (χ3v) is 3.19. The molecule has 2 rings (SSSR count). The molecule has 0 atom stereocenters. The second kappa shape index (κ2) is 5.20. The van der Waals surface area contributed by atoms with Gasteiger partial charge in [-0.15, -0.1) is 0 Å². The van der Waals surface area contributed by atoms with Gasteiger partial charge in [-0.3, -0.25) is 9.36 Å². The van der Waals surface area contributed by atoms with E-state index in [1.807, 2.05) is 0 Å². The van der Waals surface area contributed by atoms with Gasteiger partial charge in [0.1, 0.15) is 16.8 Å².